The van der Waals surface area contributed by atoms with Crippen molar-refractivity contribution in [1.82, 2.24) is 10.2 Å². The van der Waals surface area contributed by atoms with E-state index in [9.17, 15) is 4.39 Å². The Hall–Kier alpha value is -1.16. The molecule has 2 nitrogen and oxygen atoms in total. The van der Waals surface area contributed by atoms with Crippen LogP contribution in [0, 0.1) is 5.82 Å². The van der Waals surface area contributed by atoms with Crippen molar-refractivity contribution < 1.29 is 4.39 Å². The van der Waals surface area contributed by atoms with Gasteiger partial charge in [0.2, 0.25) is 0 Å². The van der Waals surface area contributed by atoms with Gasteiger partial charge in [0.1, 0.15) is 5.82 Å². The third-order valence-corrected chi connectivity index (χ3v) is 4.56. The summed E-state index contributed by atoms with van der Waals surface area (Å²) in [4.78, 5) is 2.19. The minimum atomic E-state index is -0.206. The molecule has 1 atom stereocenters. The van der Waals surface area contributed by atoms with Crippen LogP contribution in [0.1, 0.15) is 50.6 Å². The van der Waals surface area contributed by atoms with E-state index >= 15 is 0 Å². The van der Waals surface area contributed by atoms with Crippen molar-refractivity contribution in [2.24, 2.45) is 0 Å². The number of halogens is 1. The lowest BCUT2D eigenvalue weighted by Crippen LogP contribution is -2.44. The Kier molecular flexibility index (Phi) is 5.35. The first-order chi connectivity index (χ1) is 9.58. The van der Waals surface area contributed by atoms with Gasteiger partial charge < -0.3 is 10.2 Å². The van der Waals surface area contributed by atoms with Crippen molar-refractivity contribution in [2.45, 2.75) is 51.1 Å². The van der Waals surface area contributed by atoms with E-state index in [4.69, 9.17) is 12.2 Å². The van der Waals surface area contributed by atoms with Crippen molar-refractivity contribution in [3.63, 3.8) is 0 Å². The highest BCUT2D eigenvalue weighted by Crippen LogP contribution is 2.22. The van der Waals surface area contributed by atoms with Gasteiger partial charge in [-0.25, -0.2) is 4.39 Å². The van der Waals surface area contributed by atoms with E-state index in [1.807, 2.05) is 6.92 Å². The molecular formula is C16H23FN2S. The molecule has 1 N–H and O–H groups in total. The van der Waals surface area contributed by atoms with E-state index in [0.717, 1.165) is 10.7 Å². The highest BCUT2D eigenvalue weighted by atomic mass is 32.1. The molecule has 1 aromatic carbocycles. The highest BCUT2D eigenvalue weighted by Gasteiger charge is 2.20. The Morgan fingerprint density at radius 2 is 1.85 bits per heavy atom. The monoisotopic (exact) mass is 294 g/mol. The molecule has 0 heterocycles. The summed E-state index contributed by atoms with van der Waals surface area (Å²) in [5.41, 5.74) is 1.05. The van der Waals surface area contributed by atoms with Crippen LogP contribution in [0.2, 0.25) is 0 Å². The van der Waals surface area contributed by atoms with Crippen LogP contribution in [-0.4, -0.2) is 23.1 Å². The molecule has 0 spiro atoms. The molecule has 0 aliphatic heterocycles. The molecule has 1 aliphatic carbocycles. The van der Waals surface area contributed by atoms with Crippen molar-refractivity contribution >= 4 is 17.3 Å². The van der Waals surface area contributed by atoms with Gasteiger partial charge in [-0.15, -0.1) is 0 Å². The summed E-state index contributed by atoms with van der Waals surface area (Å²) < 4.78 is 12.9. The minimum absolute atomic E-state index is 0.0918. The molecule has 20 heavy (non-hydrogen) atoms. The third kappa shape index (κ3) is 3.92. The molecular weight excluding hydrogens is 271 g/mol. The summed E-state index contributed by atoms with van der Waals surface area (Å²) in [6.07, 6.45) is 6.39. The molecule has 0 bridgehead atoms. The lowest BCUT2D eigenvalue weighted by atomic mass is 9.95. The van der Waals surface area contributed by atoms with Gasteiger partial charge in [-0.05, 0) is 49.7 Å². The average Bonchev–Trinajstić information content (AvgIpc) is 2.48. The summed E-state index contributed by atoms with van der Waals surface area (Å²) in [6.45, 7) is 2.05. The Bertz CT molecular complexity index is 440. The molecule has 2 rings (SSSR count). The van der Waals surface area contributed by atoms with Crippen molar-refractivity contribution in [3.8, 4) is 0 Å². The Labute approximate surface area is 126 Å². The largest absolute Gasteiger partial charge is 0.356 e. The maximum absolute atomic E-state index is 12.9. The number of hydrogen-bond donors (Lipinski definition) is 1. The van der Waals surface area contributed by atoms with Crippen LogP contribution in [-0.2, 0) is 0 Å². The van der Waals surface area contributed by atoms with Gasteiger partial charge in [0.25, 0.3) is 0 Å². The van der Waals surface area contributed by atoms with E-state index in [2.05, 4.69) is 17.3 Å². The SMILES string of the molecule is CC(NC(=S)N(C)C1CCCCC1)c1ccc(F)cc1. The van der Waals surface area contributed by atoms with Crippen LogP contribution in [0.15, 0.2) is 24.3 Å². The van der Waals surface area contributed by atoms with Gasteiger partial charge in [-0.1, -0.05) is 31.4 Å². The molecule has 0 aromatic heterocycles. The fourth-order valence-electron chi connectivity index (χ4n) is 2.76. The van der Waals surface area contributed by atoms with Gasteiger partial charge in [0.05, 0.1) is 6.04 Å². The molecule has 4 heteroatoms. The number of thiocarbonyl (C=S) groups is 1. The number of nitrogens with zero attached hydrogens (tertiary/aromatic N) is 1. The molecule has 1 saturated carbocycles. The standard InChI is InChI=1S/C16H23FN2S/c1-12(13-8-10-14(17)11-9-13)18-16(20)19(2)15-6-4-3-5-7-15/h8-12,15H,3-7H2,1-2H3,(H,18,20). The van der Waals surface area contributed by atoms with Gasteiger partial charge in [-0.2, -0.15) is 0 Å². The van der Waals surface area contributed by atoms with Gasteiger partial charge in [0, 0.05) is 13.1 Å². The quantitative estimate of drug-likeness (QED) is 0.848. The van der Waals surface area contributed by atoms with Gasteiger partial charge >= 0.3 is 0 Å². The number of hydrogen-bond acceptors (Lipinski definition) is 1. The second-order valence-corrected chi connectivity index (χ2v) is 6.01. The number of nitrogens with one attached hydrogen (secondary N) is 1. The lowest BCUT2D eigenvalue weighted by molar-refractivity contribution is 0.274. The number of rotatable bonds is 3. The van der Waals surface area contributed by atoms with Crippen LogP contribution < -0.4 is 5.32 Å². The maximum atomic E-state index is 12.9. The topological polar surface area (TPSA) is 15.3 Å². The highest BCUT2D eigenvalue weighted by molar-refractivity contribution is 7.80. The first kappa shape index (κ1) is 15.2. The summed E-state index contributed by atoms with van der Waals surface area (Å²) in [5, 5.41) is 4.13. The summed E-state index contributed by atoms with van der Waals surface area (Å²) in [5.74, 6) is -0.206. The minimum Gasteiger partial charge on any atom is -0.356 e. The zero-order valence-electron chi connectivity index (χ0n) is 12.2. The molecule has 1 aliphatic rings. The Morgan fingerprint density at radius 3 is 2.45 bits per heavy atom. The van der Waals surface area contributed by atoms with E-state index < -0.39 is 0 Å². The van der Waals surface area contributed by atoms with Crippen LogP contribution in [0.25, 0.3) is 0 Å². The van der Waals surface area contributed by atoms with Crippen LogP contribution in [0.5, 0.6) is 0 Å². The zero-order chi connectivity index (χ0) is 14.5. The van der Waals surface area contributed by atoms with Gasteiger partial charge in [0.15, 0.2) is 5.11 Å². The van der Waals surface area contributed by atoms with Crippen molar-refractivity contribution in [1.29, 1.82) is 0 Å². The average molecular weight is 294 g/mol. The Balaban J connectivity index is 1.91. The molecule has 0 radical (unpaired) electrons. The smallest absolute Gasteiger partial charge is 0.169 e. The summed E-state index contributed by atoms with van der Waals surface area (Å²) in [6, 6.07) is 7.23. The normalized spacial score (nSPS) is 17.6. The maximum Gasteiger partial charge on any atom is 0.169 e. The van der Waals surface area contributed by atoms with Gasteiger partial charge in [-0.3, -0.25) is 0 Å². The second-order valence-electron chi connectivity index (χ2n) is 5.63. The van der Waals surface area contributed by atoms with Crippen LogP contribution in [0.3, 0.4) is 0 Å². The fourth-order valence-corrected chi connectivity index (χ4v) is 3.08. The van der Waals surface area contributed by atoms with Crippen LogP contribution in [0.4, 0.5) is 4.39 Å². The molecule has 110 valence electrons. The predicted molar refractivity (Wildman–Crippen MR) is 85.2 cm³/mol. The molecule has 1 fully saturated rings. The van der Waals surface area contributed by atoms with Crippen molar-refractivity contribution in [3.05, 3.63) is 35.6 Å². The molecule has 0 amide bonds. The lowest BCUT2D eigenvalue weighted by Gasteiger charge is -2.34. The second kappa shape index (κ2) is 7.02. The molecule has 1 aromatic rings. The summed E-state index contributed by atoms with van der Waals surface area (Å²) >= 11 is 5.50. The number of benzene rings is 1. The van der Waals surface area contributed by atoms with Crippen LogP contribution >= 0.6 is 12.2 Å². The Morgan fingerprint density at radius 1 is 1.25 bits per heavy atom. The van der Waals surface area contributed by atoms with E-state index in [0.29, 0.717) is 6.04 Å². The van der Waals surface area contributed by atoms with E-state index in [-0.39, 0.29) is 11.9 Å². The van der Waals surface area contributed by atoms with E-state index in [1.54, 1.807) is 12.1 Å². The molecule has 1 unspecified atom stereocenters. The molecule has 0 saturated heterocycles. The van der Waals surface area contributed by atoms with E-state index in [1.165, 1.54) is 44.2 Å². The zero-order valence-corrected chi connectivity index (χ0v) is 13.0. The third-order valence-electron chi connectivity index (χ3n) is 4.15. The first-order valence-electron chi connectivity index (χ1n) is 7.36. The first-order valence-corrected chi connectivity index (χ1v) is 7.77. The predicted octanol–water partition coefficient (Wildman–Crippen LogP) is 4.03. The fraction of sp³-hybridized carbons (Fsp3) is 0.562. The van der Waals surface area contributed by atoms with Crippen molar-refractivity contribution in [2.75, 3.05) is 7.05 Å². The summed E-state index contributed by atoms with van der Waals surface area (Å²) in [7, 11) is 2.07.